The summed E-state index contributed by atoms with van der Waals surface area (Å²) in [4.78, 5) is 41.7. The van der Waals surface area contributed by atoms with Crippen LogP contribution >= 0.6 is 0 Å². The number of aromatic nitrogens is 1. The van der Waals surface area contributed by atoms with E-state index in [9.17, 15) is 32.7 Å². The number of aryl methyl sites for hydroxylation is 1. The maximum absolute atomic E-state index is 13.0. The molecule has 3 atom stereocenters. The fourth-order valence-electron chi connectivity index (χ4n) is 3.70. The van der Waals surface area contributed by atoms with Crippen molar-refractivity contribution >= 4 is 17.5 Å². The third-order valence-corrected chi connectivity index (χ3v) is 5.39. The Morgan fingerprint density at radius 1 is 1.36 bits per heavy atom. The monoisotopic (exact) mass is 397 g/mol. The molecule has 1 aromatic heterocycles. The van der Waals surface area contributed by atoms with Crippen molar-refractivity contribution in [1.82, 2.24) is 4.98 Å². The summed E-state index contributed by atoms with van der Waals surface area (Å²) in [6, 6.07) is 1.55. The van der Waals surface area contributed by atoms with Crippen molar-refractivity contribution in [1.29, 1.82) is 0 Å². The number of esters is 1. The zero-order chi connectivity index (χ0) is 21.0. The van der Waals surface area contributed by atoms with Crippen LogP contribution in [0.1, 0.15) is 42.0 Å². The molecule has 28 heavy (non-hydrogen) atoms. The van der Waals surface area contributed by atoms with Gasteiger partial charge in [0.2, 0.25) is 5.78 Å². The van der Waals surface area contributed by atoms with Crippen LogP contribution in [-0.2, 0) is 20.5 Å². The summed E-state index contributed by atoms with van der Waals surface area (Å²) in [6.07, 6.45) is -4.34. The molecule has 1 saturated carbocycles. The molecule has 1 N–H and O–H groups in total. The number of aliphatic hydroxyl groups is 1. The van der Waals surface area contributed by atoms with Crippen molar-refractivity contribution in [2.75, 3.05) is 6.61 Å². The van der Waals surface area contributed by atoms with Crippen molar-refractivity contribution in [2.45, 2.75) is 33.4 Å². The molecular weight excluding hydrogens is 379 g/mol. The minimum atomic E-state index is -4.68. The molecule has 1 fully saturated rings. The highest BCUT2D eigenvalue weighted by Crippen LogP contribution is 2.59. The lowest BCUT2D eigenvalue weighted by atomic mass is 9.71. The average molecular weight is 397 g/mol. The van der Waals surface area contributed by atoms with E-state index in [1.54, 1.807) is 6.92 Å². The van der Waals surface area contributed by atoms with E-state index in [-0.39, 0.29) is 17.9 Å². The largest absolute Gasteiger partial charge is 0.511 e. The Hall–Kier alpha value is -2.71. The van der Waals surface area contributed by atoms with Gasteiger partial charge in [0, 0.05) is 17.2 Å². The number of hydrogen-bond donors (Lipinski definition) is 1. The highest BCUT2D eigenvalue weighted by molar-refractivity contribution is 6.32. The third-order valence-electron chi connectivity index (χ3n) is 5.39. The van der Waals surface area contributed by atoms with E-state index in [1.807, 2.05) is 0 Å². The number of rotatable bonds is 4. The SMILES string of the molecule is CCOC(=O)C1(C)C(=O)C(C(=O)c2ccc(C(F)(F)F)nc2C)=C(O)[C@H]2C[C@@H]21. The van der Waals surface area contributed by atoms with Gasteiger partial charge in [0.05, 0.1) is 6.61 Å². The summed E-state index contributed by atoms with van der Waals surface area (Å²) in [5, 5.41) is 10.4. The number of aliphatic hydroxyl groups excluding tert-OH is 1. The first kappa shape index (κ1) is 20.0. The Morgan fingerprint density at radius 3 is 2.54 bits per heavy atom. The van der Waals surface area contributed by atoms with Gasteiger partial charge < -0.3 is 9.84 Å². The lowest BCUT2D eigenvalue weighted by Crippen LogP contribution is -2.45. The summed E-state index contributed by atoms with van der Waals surface area (Å²) < 4.78 is 43.4. The standard InChI is InChI=1S/C19H18F3NO5/c1-4-28-17(27)18(3)11-7-10(11)15(25)13(16(18)26)14(24)9-5-6-12(19(20,21)22)23-8(9)2/h5-6,10-11,25H,4,7H2,1-3H3/t10-,11-,18?/m0/s1. The van der Waals surface area contributed by atoms with Gasteiger partial charge in [-0.3, -0.25) is 14.4 Å². The zero-order valence-corrected chi connectivity index (χ0v) is 15.4. The molecule has 9 heteroatoms. The third kappa shape index (κ3) is 2.89. The number of carbonyl (C=O) groups excluding carboxylic acids is 3. The maximum Gasteiger partial charge on any atom is 0.433 e. The van der Waals surface area contributed by atoms with Gasteiger partial charge in [-0.15, -0.1) is 0 Å². The number of halogens is 3. The Balaban J connectivity index is 2.03. The summed E-state index contributed by atoms with van der Waals surface area (Å²) >= 11 is 0. The van der Waals surface area contributed by atoms with Crippen molar-refractivity contribution in [2.24, 2.45) is 17.3 Å². The number of pyridine rings is 1. The molecule has 0 amide bonds. The molecule has 0 radical (unpaired) electrons. The first-order valence-corrected chi connectivity index (χ1v) is 8.69. The number of hydrogen-bond acceptors (Lipinski definition) is 6. The van der Waals surface area contributed by atoms with Gasteiger partial charge in [0.25, 0.3) is 0 Å². The second-order valence-corrected chi connectivity index (χ2v) is 7.12. The fourth-order valence-corrected chi connectivity index (χ4v) is 3.70. The number of allylic oxidation sites excluding steroid dienone is 2. The minimum absolute atomic E-state index is 0.0417. The molecule has 0 aromatic carbocycles. The van der Waals surface area contributed by atoms with Gasteiger partial charge >= 0.3 is 12.1 Å². The maximum atomic E-state index is 13.0. The van der Waals surface area contributed by atoms with Crippen LogP contribution in [0, 0.1) is 24.2 Å². The minimum Gasteiger partial charge on any atom is -0.511 e. The van der Waals surface area contributed by atoms with Crippen molar-refractivity contribution in [3.05, 3.63) is 40.4 Å². The summed E-state index contributed by atoms with van der Waals surface area (Å²) in [5.41, 5.74) is -3.85. The van der Waals surface area contributed by atoms with Crippen molar-refractivity contribution < 1.29 is 37.4 Å². The molecule has 0 bridgehead atoms. The van der Waals surface area contributed by atoms with Gasteiger partial charge in [-0.05, 0) is 45.2 Å². The van der Waals surface area contributed by atoms with Gasteiger partial charge in [0.1, 0.15) is 22.4 Å². The van der Waals surface area contributed by atoms with Crippen LogP contribution in [0.5, 0.6) is 0 Å². The number of ketones is 2. The Labute approximate surface area is 158 Å². The van der Waals surface area contributed by atoms with E-state index >= 15 is 0 Å². The smallest absolute Gasteiger partial charge is 0.433 e. The van der Waals surface area contributed by atoms with Crippen LogP contribution in [0.15, 0.2) is 23.5 Å². The molecule has 6 nitrogen and oxygen atoms in total. The summed E-state index contributed by atoms with van der Waals surface area (Å²) in [7, 11) is 0. The first-order valence-electron chi connectivity index (χ1n) is 8.69. The van der Waals surface area contributed by atoms with Crippen LogP contribution < -0.4 is 0 Å². The summed E-state index contributed by atoms with van der Waals surface area (Å²) in [5.74, 6) is -4.06. The number of alkyl halides is 3. The lowest BCUT2D eigenvalue weighted by molar-refractivity contribution is -0.160. The van der Waals surface area contributed by atoms with Crippen LogP contribution in [0.4, 0.5) is 13.2 Å². The molecule has 2 aliphatic carbocycles. The number of ether oxygens (including phenoxy) is 1. The van der Waals surface area contributed by atoms with E-state index < -0.39 is 58.0 Å². The first-order chi connectivity index (χ1) is 12.9. The number of Topliss-reactive ketones (excluding diaryl/α,β-unsaturated/α-hetero) is 2. The topological polar surface area (TPSA) is 93.6 Å². The van der Waals surface area contributed by atoms with Gasteiger partial charge in [-0.25, -0.2) is 4.98 Å². The van der Waals surface area contributed by atoms with Crippen LogP contribution in [0.3, 0.4) is 0 Å². The highest BCUT2D eigenvalue weighted by atomic mass is 19.4. The van der Waals surface area contributed by atoms with Crippen molar-refractivity contribution in [3.8, 4) is 0 Å². The molecular formula is C19H18F3NO5. The van der Waals surface area contributed by atoms with Crippen LogP contribution in [0.2, 0.25) is 0 Å². The summed E-state index contributed by atoms with van der Waals surface area (Å²) in [6.45, 7) is 4.20. The molecule has 1 heterocycles. The van der Waals surface area contributed by atoms with E-state index in [1.165, 1.54) is 13.8 Å². The fraction of sp³-hybridized carbons (Fsp3) is 0.474. The Bertz CT molecular complexity index is 921. The molecule has 0 aliphatic heterocycles. The highest BCUT2D eigenvalue weighted by Gasteiger charge is 2.66. The van der Waals surface area contributed by atoms with Crippen molar-refractivity contribution in [3.63, 3.8) is 0 Å². The van der Waals surface area contributed by atoms with Crippen LogP contribution in [-0.4, -0.2) is 34.2 Å². The van der Waals surface area contributed by atoms with E-state index in [0.717, 1.165) is 6.07 Å². The number of nitrogens with zero attached hydrogens (tertiary/aromatic N) is 1. The van der Waals surface area contributed by atoms with Crippen LogP contribution in [0.25, 0.3) is 0 Å². The number of carbonyl (C=O) groups is 3. The second kappa shape index (κ2) is 6.42. The molecule has 0 saturated heterocycles. The quantitative estimate of drug-likeness (QED) is 0.363. The Kier molecular flexibility index (Phi) is 4.60. The Morgan fingerprint density at radius 2 is 2.00 bits per heavy atom. The van der Waals surface area contributed by atoms with E-state index in [0.29, 0.717) is 12.5 Å². The molecule has 150 valence electrons. The average Bonchev–Trinajstić information content (AvgIpc) is 3.40. The molecule has 1 aromatic rings. The van der Waals surface area contributed by atoms with Gasteiger partial charge in [0.15, 0.2) is 5.78 Å². The predicted molar refractivity (Wildman–Crippen MR) is 89.3 cm³/mol. The normalized spacial score (nSPS) is 26.7. The van der Waals surface area contributed by atoms with E-state index in [4.69, 9.17) is 4.74 Å². The van der Waals surface area contributed by atoms with Gasteiger partial charge in [-0.1, -0.05) is 0 Å². The number of fused-ring (bicyclic) bond motifs is 1. The molecule has 3 rings (SSSR count). The molecule has 1 unspecified atom stereocenters. The molecule has 0 spiro atoms. The van der Waals surface area contributed by atoms with E-state index in [2.05, 4.69) is 4.98 Å². The second-order valence-electron chi connectivity index (χ2n) is 7.12. The van der Waals surface area contributed by atoms with Gasteiger partial charge in [-0.2, -0.15) is 13.2 Å². The molecule has 2 aliphatic rings. The lowest BCUT2D eigenvalue weighted by Gasteiger charge is -2.30. The zero-order valence-electron chi connectivity index (χ0n) is 15.4. The predicted octanol–water partition coefficient (Wildman–Crippen LogP) is 3.19.